The van der Waals surface area contributed by atoms with E-state index < -0.39 is 0 Å². The Balaban J connectivity index is 1.45. The molecule has 0 aliphatic carbocycles. The van der Waals surface area contributed by atoms with Crippen LogP contribution in [-0.2, 0) is 6.54 Å². The van der Waals surface area contributed by atoms with Crippen molar-refractivity contribution in [1.82, 2.24) is 9.80 Å². The summed E-state index contributed by atoms with van der Waals surface area (Å²) >= 11 is 0. The molecule has 2 heterocycles. The van der Waals surface area contributed by atoms with Crippen LogP contribution in [0.2, 0.25) is 0 Å². The number of rotatable bonds is 3. The largest absolute Gasteiger partial charge is 0.298 e. The minimum Gasteiger partial charge on any atom is -0.298 e. The third-order valence-electron chi connectivity index (χ3n) is 4.09. The third-order valence-corrected chi connectivity index (χ3v) is 4.09. The van der Waals surface area contributed by atoms with Crippen molar-refractivity contribution in [1.29, 1.82) is 0 Å². The van der Waals surface area contributed by atoms with Gasteiger partial charge in [-0.3, -0.25) is 9.80 Å². The van der Waals surface area contributed by atoms with Gasteiger partial charge in [0.15, 0.2) is 0 Å². The summed E-state index contributed by atoms with van der Waals surface area (Å²) in [5, 5.41) is 0. The zero-order valence-corrected chi connectivity index (χ0v) is 10.5. The summed E-state index contributed by atoms with van der Waals surface area (Å²) in [6, 6.07) is 11.7. The lowest BCUT2D eigenvalue weighted by Crippen LogP contribution is -2.59. The number of hydrogen-bond donors (Lipinski definition) is 0. The van der Waals surface area contributed by atoms with E-state index in [4.69, 9.17) is 0 Å². The van der Waals surface area contributed by atoms with E-state index in [0.29, 0.717) is 0 Å². The van der Waals surface area contributed by atoms with Crippen LogP contribution in [0.25, 0.3) is 0 Å². The Bertz CT molecular complexity index is 337. The van der Waals surface area contributed by atoms with Gasteiger partial charge in [-0.1, -0.05) is 36.8 Å². The lowest BCUT2D eigenvalue weighted by molar-refractivity contribution is 0.0186. The molecule has 2 saturated heterocycles. The van der Waals surface area contributed by atoms with Gasteiger partial charge in [-0.2, -0.15) is 0 Å². The fraction of sp³-hybridized carbons (Fsp3) is 0.600. The smallest absolute Gasteiger partial charge is 0.0350 e. The number of piperidine rings is 1. The highest BCUT2D eigenvalue weighted by molar-refractivity contribution is 5.15. The molecule has 2 nitrogen and oxygen atoms in total. The minimum absolute atomic E-state index is 0.846. The van der Waals surface area contributed by atoms with Crippen LogP contribution >= 0.6 is 0 Å². The van der Waals surface area contributed by atoms with Crippen LogP contribution < -0.4 is 0 Å². The molecule has 0 bridgehead atoms. The Morgan fingerprint density at radius 3 is 2.35 bits per heavy atom. The van der Waals surface area contributed by atoms with Gasteiger partial charge in [-0.15, -0.1) is 0 Å². The molecule has 0 radical (unpaired) electrons. The molecule has 1 aromatic rings. The molecule has 92 valence electrons. The first kappa shape index (κ1) is 11.2. The van der Waals surface area contributed by atoms with Crippen molar-refractivity contribution in [3.63, 3.8) is 0 Å². The molecule has 2 fully saturated rings. The van der Waals surface area contributed by atoms with E-state index >= 15 is 0 Å². The molecule has 3 rings (SSSR count). The first-order chi connectivity index (χ1) is 8.42. The van der Waals surface area contributed by atoms with Crippen LogP contribution in [0, 0.1) is 0 Å². The Labute approximate surface area is 104 Å². The van der Waals surface area contributed by atoms with Gasteiger partial charge >= 0.3 is 0 Å². The molecule has 0 saturated carbocycles. The van der Waals surface area contributed by atoms with Gasteiger partial charge < -0.3 is 0 Å². The second kappa shape index (κ2) is 5.19. The van der Waals surface area contributed by atoms with Crippen molar-refractivity contribution in [2.45, 2.75) is 31.8 Å². The molecular formula is C15H22N2. The Hall–Kier alpha value is -0.860. The minimum atomic E-state index is 0.846. The lowest BCUT2D eigenvalue weighted by atomic mass is 10.0. The molecule has 0 N–H and O–H groups in total. The molecule has 0 unspecified atom stereocenters. The van der Waals surface area contributed by atoms with Crippen LogP contribution in [0.1, 0.15) is 24.8 Å². The van der Waals surface area contributed by atoms with Crippen molar-refractivity contribution >= 4 is 0 Å². The van der Waals surface area contributed by atoms with Gasteiger partial charge in [-0.05, 0) is 31.5 Å². The Morgan fingerprint density at radius 1 is 0.941 bits per heavy atom. The van der Waals surface area contributed by atoms with Crippen molar-refractivity contribution < 1.29 is 0 Å². The summed E-state index contributed by atoms with van der Waals surface area (Å²) in [5.74, 6) is 0. The monoisotopic (exact) mass is 230 g/mol. The predicted molar refractivity (Wildman–Crippen MR) is 70.9 cm³/mol. The fourth-order valence-electron chi connectivity index (χ4n) is 3.03. The van der Waals surface area contributed by atoms with E-state index in [1.54, 1.807) is 0 Å². The number of hydrogen-bond acceptors (Lipinski definition) is 2. The van der Waals surface area contributed by atoms with E-state index in [9.17, 15) is 0 Å². The SMILES string of the molecule is c1ccc(CN2CC(N3CCCCC3)C2)cc1. The number of likely N-dealkylation sites (tertiary alicyclic amines) is 2. The highest BCUT2D eigenvalue weighted by atomic mass is 15.3. The maximum absolute atomic E-state index is 2.70. The molecule has 0 atom stereocenters. The maximum Gasteiger partial charge on any atom is 0.0350 e. The molecule has 1 aromatic carbocycles. The highest BCUT2D eigenvalue weighted by Gasteiger charge is 2.31. The van der Waals surface area contributed by atoms with E-state index in [1.165, 1.54) is 51.0 Å². The quantitative estimate of drug-likeness (QED) is 0.786. The van der Waals surface area contributed by atoms with Gasteiger partial charge in [0.2, 0.25) is 0 Å². The van der Waals surface area contributed by atoms with E-state index in [1.807, 2.05) is 0 Å². The second-order valence-electron chi connectivity index (χ2n) is 5.43. The summed E-state index contributed by atoms with van der Waals surface area (Å²) in [6.45, 7) is 6.35. The van der Waals surface area contributed by atoms with E-state index in [0.717, 1.165) is 12.6 Å². The second-order valence-corrected chi connectivity index (χ2v) is 5.43. The first-order valence-corrected chi connectivity index (χ1v) is 6.92. The van der Waals surface area contributed by atoms with Gasteiger partial charge in [-0.25, -0.2) is 0 Å². The van der Waals surface area contributed by atoms with Crippen LogP contribution in [0.4, 0.5) is 0 Å². The van der Waals surface area contributed by atoms with Gasteiger partial charge in [0.05, 0.1) is 0 Å². The van der Waals surface area contributed by atoms with Crippen molar-refractivity contribution in [3.8, 4) is 0 Å². The van der Waals surface area contributed by atoms with Crippen LogP contribution in [0.3, 0.4) is 0 Å². The van der Waals surface area contributed by atoms with Crippen LogP contribution in [0.5, 0.6) is 0 Å². The van der Waals surface area contributed by atoms with Crippen LogP contribution in [0.15, 0.2) is 30.3 Å². The summed E-state index contributed by atoms with van der Waals surface area (Å²) in [5.41, 5.74) is 1.45. The van der Waals surface area contributed by atoms with Crippen molar-refractivity contribution in [3.05, 3.63) is 35.9 Å². The molecule has 17 heavy (non-hydrogen) atoms. The summed E-state index contributed by atoms with van der Waals surface area (Å²) in [4.78, 5) is 5.26. The molecular weight excluding hydrogens is 208 g/mol. The molecule has 2 heteroatoms. The maximum atomic E-state index is 2.70. The van der Waals surface area contributed by atoms with E-state index in [-0.39, 0.29) is 0 Å². The first-order valence-electron chi connectivity index (χ1n) is 6.92. The molecule has 2 aliphatic rings. The average Bonchev–Trinajstić information content (AvgIpc) is 2.36. The van der Waals surface area contributed by atoms with Gasteiger partial charge in [0.25, 0.3) is 0 Å². The molecule has 2 aliphatic heterocycles. The van der Waals surface area contributed by atoms with Crippen molar-refractivity contribution in [2.75, 3.05) is 26.2 Å². The number of nitrogens with zero attached hydrogens (tertiary/aromatic N) is 2. The fourth-order valence-corrected chi connectivity index (χ4v) is 3.03. The van der Waals surface area contributed by atoms with Crippen LogP contribution in [-0.4, -0.2) is 42.0 Å². The molecule has 0 amide bonds. The number of benzene rings is 1. The van der Waals surface area contributed by atoms with E-state index in [2.05, 4.69) is 40.1 Å². The summed E-state index contributed by atoms with van der Waals surface area (Å²) in [7, 11) is 0. The standard InChI is InChI=1S/C15H22N2/c1-3-7-14(8-4-1)11-16-12-15(13-16)17-9-5-2-6-10-17/h1,3-4,7-8,15H,2,5-6,9-13H2. The Morgan fingerprint density at radius 2 is 1.65 bits per heavy atom. The third kappa shape index (κ3) is 2.70. The Kier molecular flexibility index (Phi) is 3.44. The molecule has 0 aromatic heterocycles. The zero-order chi connectivity index (χ0) is 11.5. The van der Waals surface area contributed by atoms with Gasteiger partial charge in [0.1, 0.15) is 0 Å². The van der Waals surface area contributed by atoms with Gasteiger partial charge in [0, 0.05) is 25.7 Å². The normalized spacial score (nSPS) is 23.5. The summed E-state index contributed by atoms with van der Waals surface area (Å²) < 4.78 is 0. The average molecular weight is 230 g/mol. The lowest BCUT2D eigenvalue weighted by Gasteiger charge is -2.46. The highest BCUT2D eigenvalue weighted by Crippen LogP contribution is 2.21. The molecule has 0 spiro atoms. The summed E-state index contributed by atoms with van der Waals surface area (Å²) in [6.07, 6.45) is 4.27. The zero-order valence-electron chi connectivity index (χ0n) is 10.5. The topological polar surface area (TPSA) is 6.48 Å². The predicted octanol–water partition coefficient (Wildman–Crippen LogP) is 2.36. The van der Waals surface area contributed by atoms with Crippen molar-refractivity contribution in [2.24, 2.45) is 0 Å².